The third-order valence-corrected chi connectivity index (χ3v) is 3.88. The monoisotopic (exact) mass is 272 g/mol. The molecule has 2 heteroatoms. The van der Waals surface area contributed by atoms with Crippen molar-refractivity contribution in [2.45, 2.75) is 51.9 Å². The number of phenols is 2. The zero-order valence-electron chi connectivity index (χ0n) is 12.2. The van der Waals surface area contributed by atoms with Gasteiger partial charge in [-0.1, -0.05) is 63.3 Å². The van der Waals surface area contributed by atoms with E-state index in [1.807, 2.05) is 24.3 Å². The molecule has 0 spiro atoms. The largest absolute Gasteiger partial charge is 0.508 e. The number of hydrogen-bond acceptors (Lipinski definition) is 2. The first kappa shape index (κ1) is 14.7. The number of unbranched alkanes of at least 4 members (excludes halogenated alkanes) is 5. The fourth-order valence-corrected chi connectivity index (χ4v) is 2.69. The van der Waals surface area contributed by atoms with Crippen LogP contribution in [-0.4, -0.2) is 10.2 Å². The van der Waals surface area contributed by atoms with Crippen molar-refractivity contribution in [1.82, 2.24) is 0 Å². The highest BCUT2D eigenvalue weighted by Crippen LogP contribution is 2.36. The summed E-state index contributed by atoms with van der Waals surface area (Å²) in [5, 5.41) is 22.1. The number of fused-ring (bicyclic) bond motifs is 1. The van der Waals surface area contributed by atoms with Gasteiger partial charge in [0.15, 0.2) is 0 Å². The smallest absolute Gasteiger partial charge is 0.130 e. The van der Waals surface area contributed by atoms with E-state index in [-0.39, 0.29) is 11.5 Å². The SMILES string of the molecule is CCCCCCCCc1c(O)cc2ccccc2c1O. The molecule has 2 aromatic carbocycles. The van der Waals surface area contributed by atoms with E-state index in [0.29, 0.717) is 5.56 Å². The van der Waals surface area contributed by atoms with Crippen LogP contribution >= 0.6 is 0 Å². The highest BCUT2D eigenvalue weighted by atomic mass is 16.3. The van der Waals surface area contributed by atoms with E-state index < -0.39 is 0 Å². The van der Waals surface area contributed by atoms with Crippen LogP contribution in [0, 0.1) is 0 Å². The van der Waals surface area contributed by atoms with Gasteiger partial charge in [0, 0.05) is 10.9 Å². The van der Waals surface area contributed by atoms with E-state index >= 15 is 0 Å². The third-order valence-electron chi connectivity index (χ3n) is 3.88. The Bertz CT molecular complexity index is 561. The Kier molecular flexibility index (Phi) is 5.28. The first-order valence-corrected chi connectivity index (χ1v) is 7.66. The second-order valence-corrected chi connectivity index (χ2v) is 5.46. The summed E-state index contributed by atoms with van der Waals surface area (Å²) in [6.07, 6.45) is 8.00. The van der Waals surface area contributed by atoms with Gasteiger partial charge in [-0.25, -0.2) is 0 Å². The first-order valence-electron chi connectivity index (χ1n) is 7.66. The maximum absolute atomic E-state index is 10.3. The second-order valence-electron chi connectivity index (χ2n) is 5.46. The van der Waals surface area contributed by atoms with Crippen molar-refractivity contribution < 1.29 is 10.2 Å². The number of hydrogen-bond donors (Lipinski definition) is 2. The van der Waals surface area contributed by atoms with Crippen LogP contribution in [0.4, 0.5) is 0 Å². The molecule has 2 nitrogen and oxygen atoms in total. The Balaban J connectivity index is 2.02. The average molecular weight is 272 g/mol. The van der Waals surface area contributed by atoms with Gasteiger partial charge in [-0.2, -0.15) is 0 Å². The Morgan fingerprint density at radius 1 is 0.900 bits per heavy atom. The fourth-order valence-electron chi connectivity index (χ4n) is 2.69. The predicted octanol–water partition coefficient (Wildman–Crippen LogP) is 5.15. The first-order chi connectivity index (χ1) is 9.74. The van der Waals surface area contributed by atoms with Crippen LogP contribution in [0.5, 0.6) is 11.5 Å². The van der Waals surface area contributed by atoms with Gasteiger partial charge in [0.25, 0.3) is 0 Å². The summed E-state index contributed by atoms with van der Waals surface area (Å²) >= 11 is 0. The van der Waals surface area contributed by atoms with Crippen molar-refractivity contribution in [3.63, 3.8) is 0 Å². The molecule has 0 aromatic heterocycles. The molecule has 0 saturated carbocycles. The lowest BCUT2D eigenvalue weighted by atomic mass is 9.99. The molecule has 0 radical (unpaired) electrons. The molecule has 0 fully saturated rings. The molecule has 0 saturated heterocycles. The van der Waals surface area contributed by atoms with Gasteiger partial charge >= 0.3 is 0 Å². The molecule has 20 heavy (non-hydrogen) atoms. The second kappa shape index (κ2) is 7.18. The van der Waals surface area contributed by atoms with E-state index in [2.05, 4.69) is 6.92 Å². The van der Waals surface area contributed by atoms with Crippen molar-refractivity contribution in [2.75, 3.05) is 0 Å². The van der Waals surface area contributed by atoms with Crippen LogP contribution in [0.1, 0.15) is 51.0 Å². The van der Waals surface area contributed by atoms with E-state index in [0.717, 1.165) is 30.0 Å². The summed E-state index contributed by atoms with van der Waals surface area (Å²) in [6, 6.07) is 9.38. The maximum Gasteiger partial charge on any atom is 0.130 e. The Labute approximate surface area is 121 Å². The van der Waals surface area contributed by atoms with Crippen LogP contribution in [0.15, 0.2) is 30.3 Å². The molecule has 0 aliphatic rings. The minimum Gasteiger partial charge on any atom is -0.508 e. The van der Waals surface area contributed by atoms with Gasteiger partial charge in [0.1, 0.15) is 11.5 Å². The van der Waals surface area contributed by atoms with E-state index in [1.54, 1.807) is 6.07 Å². The normalized spacial score (nSPS) is 11.1. The molecule has 2 rings (SSSR count). The highest BCUT2D eigenvalue weighted by molar-refractivity contribution is 5.91. The summed E-state index contributed by atoms with van der Waals surface area (Å²) in [5.74, 6) is 0.462. The molecular weight excluding hydrogens is 248 g/mol. The number of benzene rings is 2. The summed E-state index contributed by atoms with van der Waals surface area (Å²) in [5.41, 5.74) is 0.694. The molecule has 0 amide bonds. The molecule has 108 valence electrons. The molecule has 0 aliphatic heterocycles. The lowest BCUT2D eigenvalue weighted by molar-refractivity contribution is 0.440. The Morgan fingerprint density at radius 3 is 2.40 bits per heavy atom. The standard InChI is InChI=1S/C18H24O2/c1-2-3-4-5-6-7-12-16-17(19)13-14-10-8-9-11-15(14)18(16)20/h8-11,13,19-20H,2-7,12H2,1H3. The topological polar surface area (TPSA) is 40.5 Å². The van der Waals surface area contributed by atoms with Crippen LogP contribution < -0.4 is 0 Å². The van der Waals surface area contributed by atoms with Crippen molar-refractivity contribution in [1.29, 1.82) is 0 Å². The zero-order valence-corrected chi connectivity index (χ0v) is 12.2. The van der Waals surface area contributed by atoms with Crippen molar-refractivity contribution in [3.8, 4) is 11.5 Å². The molecule has 2 N–H and O–H groups in total. The van der Waals surface area contributed by atoms with Crippen LogP contribution in [-0.2, 0) is 6.42 Å². The van der Waals surface area contributed by atoms with Gasteiger partial charge in [-0.3, -0.25) is 0 Å². The minimum absolute atomic E-state index is 0.217. The highest BCUT2D eigenvalue weighted by Gasteiger charge is 2.11. The Hall–Kier alpha value is -1.70. The summed E-state index contributed by atoms with van der Waals surface area (Å²) in [6.45, 7) is 2.21. The number of phenolic OH excluding ortho intramolecular Hbond substituents is 2. The summed E-state index contributed by atoms with van der Waals surface area (Å²) in [4.78, 5) is 0. The maximum atomic E-state index is 10.3. The van der Waals surface area contributed by atoms with Crippen LogP contribution in [0.3, 0.4) is 0 Å². The van der Waals surface area contributed by atoms with Gasteiger partial charge < -0.3 is 10.2 Å². The van der Waals surface area contributed by atoms with Gasteiger partial charge in [-0.05, 0) is 24.3 Å². The van der Waals surface area contributed by atoms with Gasteiger partial charge in [0.2, 0.25) is 0 Å². The molecule has 0 aliphatic carbocycles. The molecule has 0 bridgehead atoms. The van der Waals surface area contributed by atoms with Crippen molar-refractivity contribution >= 4 is 10.8 Å². The van der Waals surface area contributed by atoms with Gasteiger partial charge in [-0.15, -0.1) is 0 Å². The molecule has 0 unspecified atom stereocenters. The van der Waals surface area contributed by atoms with Crippen LogP contribution in [0.25, 0.3) is 10.8 Å². The van der Waals surface area contributed by atoms with Crippen molar-refractivity contribution in [2.24, 2.45) is 0 Å². The van der Waals surface area contributed by atoms with Crippen LogP contribution in [0.2, 0.25) is 0 Å². The number of aromatic hydroxyl groups is 2. The molecule has 0 atom stereocenters. The lowest BCUT2D eigenvalue weighted by Crippen LogP contribution is -1.90. The average Bonchev–Trinajstić information content (AvgIpc) is 2.45. The predicted molar refractivity (Wildman–Crippen MR) is 84.4 cm³/mol. The summed E-state index contributed by atoms with van der Waals surface area (Å²) < 4.78 is 0. The zero-order chi connectivity index (χ0) is 14.4. The quantitative estimate of drug-likeness (QED) is 0.684. The third kappa shape index (κ3) is 3.44. The number of rotatable bonds is 7. The fraction of sp³-hybridized carbons (Fsp3) is 0.444. The van der Waals surface area contributed by atoms with E-state index in [4.69, 9.17) is 0 Å². The van der Waals surface area contributed by atoms with E-state index in [1.165, 1.54) is 25.7 Å². The minimum atomic E-state index is 0.217. The molecular formula is C18H24O2. The molecule has 2 aromatic rings. The van der Waals surface area contributed by atoms with E-state index in [9.17, 15) is 10.2 Å². The Morgan fingerprint density at radius 2 is 1.60 bits per heavy atom. The molecule has 0 heterocycles. The van der Waals surface area contributed by atoms with Crippen molar-refractivity contribution in [3.05, 3.63) is 35.9 Å². The lowest BCUT2D eigenvalue weighted by Gasteiger charge is -2.10. The van der Waals surface area contributed by atoms with Gasteiger partial charge in [0.05, 0.1) is 0 Å². The summed E-state index contributed by atoms with van der Waals surface area (Å²) in [7, 11) is 0.